The molecule has 29 heavy (non-hydrogen) atoms. The Kier molecular flexibility index (Phi) is 8.36. The Balaban J connectivity index is 2.41. The van der Waals surface area contributed by atoms with Gasteiger partial charge in [-0.05, 0) is 26.0 Å². The lowest BCUT2D eigenvalue weighted by Gasteiger charge is -2.32. The van der Waals surface area contributed by atoms with Gasteiger partial charge in [0.25, 0.3) is 10.0 Å². The van der Waals surface area contributed by atoms with Crippen molar-refractivity contribution in [2.75, 3.05) is 46.2 Å². The zero-order valence-corrected chi connectivity index (χ0v) is 19.5. The highest BCUT2D eigenvalue weighted by atomic mass is 32.3. The summed E-state index contributed by atoms with van der Waals surface area (Å²) in [5, 5.41) is 3.22. The van der Waals surface area contributed by atoms with E-state index in [1.807, 2.05) is 6.92 Å². The number of ketones is 1. The highest BCUT2D eigenvalue weighted by Gasteiger charge is 2.40. The van der Waals surface area contributed by atoms with Crippen LogP contribution in [0.5, 0.6) is 0 Å². The van der Waals surface area contributed by atoms with Crippen LogP contribution >= 0.6 is 11.3 Å². The molecule has 0 amide bonds. The average Bonchev–Trinajstić information content (AvgIpc) is 3.12. The summed E-state index contributed by atoms with van der Waals surface area (Å²) in [6, 6.07) is 1.06. The van der Waals surface area contributed by atoms with E-state index >= 15 is 0 Å². The second-order valence-electron chi connectivity index (χ2n) is 6.73. The molecule has 2 rings (SSSR count). The van der Waals surface area contributed by atoms with Crippen LogP contribution < -0.4 is 5.32 Å². The molecule has 12 heteroatoms. The van der Waals surface area contributed by atoms with Gasteiger partial charge in [-0.2, -0.15) is 4.31 Å². The minimum atomic E-state index is -3.98. The van der Waals surface area contributed by atoms with Gasteiger partial charge in [0.2, 0.25) is 0 Å². The number of rotatable bonds is 11. The maximum Gasteiger partial charge on any atom is 0.252 e. The number of thiophene rings is 1. The molecule has 0 fully saturated rings. The van der Waals surface area contributed by atoms with Crippen molar-refractivity contribution in [2.45, 2.75) is 40.8 Å². The number of sulfone groups is 1. The van der Waals surface area contributed by atoms with Crippen LogP contribution in [-0.2, 0) is 34.1 Å². The molecule has 1 aromatic heterocycles. The number of fused-ring (bicyclic) bond motifs is 1. The quantitative estimate of drug-likeness (QED) is 0.474. The molecule has 1 aliphatic rings. The number of hydrogen-bond donors (Lipinski definition) is 1. The van der Waals surface area contributed by atoms with E-state index in [4.69, 9.17) is 9.47 Å². The lowest BCUT2D eigenvalue weighted by molar-refractivity contribution is -0.125. The van der Waals surface area contributed by atoms with Gasteiger partial charge in [-0.1, -0.05) is 6.92 Å². The first-order chi connectivity index (χ1) is 13.6. The van der Waals surface area contributed by atoms with Crippen LogP contribution in [0.4, 0.5) is 0 Å². The van der Waals surface area contributed by atoms with Gasteiger partial charge in [-0.3, -0.25) is 4.79 Å². The zero-order valence-electron chi connectivity index (χ0n) is 17.0. The molecule has 0 aromatic carbocycles. The van der Waals surface area contributed by atoms with Crippen molar-refractivity contribution in [2.24, 2.45) is 0 Å². The number of nitrogens with zero attached hydrogens (tertiary/aromatic N) is 1. The van der Waals surface area contributed by atoms with E-state index in [1.165, 1.54) is 24.4 Å². The first kappa shape index (κ1) is 24.4. The van der Waals surface area contributed by atoms with Gasteiger partial charge < -0.3 is 14.8 Å². The van der Waals surface area contributed by atoms with Crippen molar-refractivity contribution in [3.63, 3.8) is 0 Å². The molecule has 2 atom stereocenters. The van der Waals surface area contributed by atoms with Crippen molar-refractivity contribution in [3.8, 4) is 0 Å². The lowest BCUT2D eigenvalue weighted by Crippen LogP contribution is -2.43. The van der Waals surface area contributed by atoms with E-state index in [2.05, 4.69) is 5.32 Å². The third-order valence-corrected chi connectivity index (χ3v) is 10.4. The standard InChI is InChI=1S/C17H28N2O7S3/c1-5-18-14-10-19(7-6-8-25-3)29(23,24)17-13(14)9-16(27-17)28(21,22)11-15(20)12(2)26-4/h9,12,14,18H,5-8,10-11H2,1-4H3/t12-,14-/m0/s1. The van der Waals surface area contributed by atoms with E-state index in [9.17, 15) is 21.6 Å². The average molecular weight is 469 g/mol. The Morgan fingerprint density at radius 3 is 2.69 bits per heavy atom. The summed E-state index contributed by atoms with van der Waals surface area (Å²) < 4.78 is 62.7. The second kappa shape index (κ2) is 9.94. The number of sulfonamides is 1. The van der Waals surface area contributed by atoms with Gasteiger partial charge in [-0.15, -0.1) is 11.3 Å². The summed E-state index contributed by atoms with van der Waals surface area (Å²) in [5.41, 5.74) is 0.436. The molecule has 0 unspecified atom stereocenters. The summed E-state index contributed by atoms with van der Waals surface area (Å²) in [5.74, 6) is -1.31. The molecule has 0 radical (unpaired) electrons. The number of Topliss-reactive ketones (excluding diaryl/α,β-unsaturated/α-hetero) is 1. The van der Waals surface area contributed by atoms with Crippen LogP contribution in [-0.4, -0.2) is 79.2 Å². The maximum absolute atomic E-state index is 13.1. The van der Waals surface area contributed by atoms with Crippen LogP contribution in [0.3, 0.4) is 0 Å². The van der Waals surface area contributed by atoms with E-state index in [-0.39, 0.29) is 27.5 Å². The second-order valence-corrected chi connectivity index (χ2v) is 12.1. The number of carbonyl (C=O) groups is 1. The van der Waals surface area contributed by atoms with Gasteiger partial charge in [0.1, 0.15) is 20.3 Å². The third-order valence-electron chi connectivity index (χ3n) is 4.69. The molecule has 1 N–H and O–H groups in total. The molecule has 9 nitrogen and oxygen atoms in total. The fourth-order valence-electron chi connectivity index (χ4n) is 3.01. The molecule has 0 saturated heterocycles. The van der Waals surface area contributed by atoms with Gasteiger partial charge in [-0.25, -0.2) is 16.8 Å². The van der Waals surface area contributed by atoms with Crippen LogP contribution in [0.25, 0.3) is 0 Å². The Labute approximate surface area is 176 Å². The topological polar surface area (TPSA) is 119 Å². The van der Waals surface area contributed by atoms with Gasteiger partial charge >= 0.3 is 0 Å². The summed E-state index contributed by atoms with van der Waals surface area (Å²) in [6.07, 6.45) is -0.321. The predicted molar refractivity (Wildman–Crippen MR) is 110 cm³/mol. The monoisotopic (exact) mass is 468 g/mol. The van der Waals surface area contributed by atoms with Crippen LogP contribution in [0.2, 0.25) is 0 Å². The zero-order chi connectivity index (χ0) is 21.8. The largest absolute Gasteiger partial charge is 0.385 e. The molecule has 0 bridgehead atoms. The molecule has 1 aliphatic heterocycles. The SMILES string of the molecule is CCN[C@H]1CN(CCCOC)S(=O)(=O)c2sc(S(=O)(=O)CC(=O)[C@H](C)OC)cc21. The fraction of sp³-hybridized carbons (Fsp3) is 0.706. The maximum atomic E-state index is 13.1. The van der Waals surface area contributed by atoms with Crippen molar-refractivity contribution in [1.82, 2.24) is 9.62 Å². The number of ether oxygens (including phenoxy) is 2. The summed E-state index contributed by atoms with van der Waals surface area (Å²) in [6.45, 7) is 4.88. The Bertz CT molecular complexity index is 925. The van der Waals surface area contributed by atoms with Gasteiger partial charge in [0.15, 0.2) is 15.6 Å². The number of nitrogens with one attached hydrogen (secondary N) is 1. The molecule has 1 aromatic rings. The summed E-state index contributed by atoms with van der Waals surface area (Å²) in [7, 11) is -4.93. The predicted octanol–water partition coefficient (Wildman–Crippen LogP) is 0.817. The highest BCUT2D eigenvalue weighted by Crippen LogP contribution is 2.40. The van der Waals surface area contributed by atoms with Gasteiger partial charge in [0.05, 0.1) is 0 Å². The van der Waals surface area contributed by atoms with E-state index in [0.717, 1.165) is 0 Å². The van der Waals surface area contributed by atoms with Gasteiger partial charge in [0, 0.05) is 45.5 Å². The Hall–Kier alpha value is -0.890. The minimum Gasteiger partial charge on any atom is -0.385 e. The number of methoxy groups -OCH3 is 2. The lowest BCUT2D eigenvalue weighted by atomic mass is 10.1. The Morgan fingerprint density at radius 1 is 1.41 bits per heavy atom. The fourth-order valence-corrected chi connectivity index (χ4v) is 8.30. The Morgan fingerprint density at radius 2 is 2.10 bits per heavy atom. The van der Waals surface area contributed by atoms with E-state index < -0.39 is 37.5 Å². The summed E-state index contributed by atoms with van der Waals surface area (Å²) >= 11 is 0.701. The van der Waals surface area contributed by atoms with Crippen LogP contribution in [0, 0.1) is 0 Å². The van der Waals surface area contributed by atoms with Crippen molar-refractivity contribution in [3.05, 3.63) is 11.6 Å². The van der Waals surface area contributed by atoms with Crippen molar-refractivity contribution in [1.29, 1.82) is 0 Å². The molecular weight excluding hydrogens is 440 g/mol. The molecular formula is C17H28N2O7S3. The van der Waals surface area contributed by atoms with Crippen LogP contribution in [0.15, 0.2) is 14.5 Å². The number of hydrogen-bond acceptors (Lipinski definition) is 9. The molecule has 0 aliphatic carbocycles. The van der Waals surface area contributed by atoms with E-state index in [0.29, 0.717) is 36.5 Å². The van der Waals surface area contributed by atoms with Crippen LogP contribution in [0.1, 0.15) is 31.9 Å². The highest BCUT2D eigenvalue weighted by molar-refractivity contribution is 7.95. The number of carbonyl (C=O) groups excluding carboxylic acids is 1. The third kappa shape index (κ3) is 5.43. The van der Waals surface area contributed by atoms with E-state index in [1.54, 1.807) is 7.11 Å². The smallest absolute Gasteiger partial charge is 0.252 e. The molecule has 0 spiro atoms. The minimum absolute atomic E-state index is 0.0120. The first-order valence-electron chi connectivity index (χ1n) is 9.23. The summed E-state index contributed by atoms with van der Waals surface area (Å²) in [4.78, 5) is 12.0. The molecule has 0 saturated carbocycles. The van der Waals surface area contributed by atoms with Crippen molar-refractivity contribution >= 4 is 37.0 Å². The normalized spacial score (nSPS) is 20.3. The van der Waals surface area contributed by atoms with Crippen molar-refractivity contribution < 1.29 is 31.1 Å². The number of likely N-dealkylation sites (N-methyl/N-ethyl adjacent to an activating group) is 1. The molecule has 166 valence electrons. The molecule has 2 heterocycles. The first-order valence-corrected chi connectivity index (χ1v) is 13.1.